The number of halogens is 1. The number of aryl methyl sites for hydroxylation is 2. The molecule has 1 rings (SSSR count). The molecule has 2 atom stereocenters. The fourth-order valence-corrected chi connectivity index (χ4v) is 2.43. The van der Waals surface area contributed by atoms with Gasteiger partial charge in [0.15, 0.2) is 0 Å². The lowest BCUT2D eigenvalue weighted by Gasteiger charge is -2.20. The third kappa shape index (κ3) is 3.70. The van der Waals surface area contributed by atoms with E-state index in [-0.39, 0.29) is 5.92 Å². The van der Waals surface area contributed by atoms with E-state index in [1.54, 1.807) is 0 Å². The molecule has 0 bridgehead atoms. The molecule has 17 heavy (non-hydrogen) atoms. The van der Waals surface area contributed by atoms with E-state index in [2.05, 4.69) is 26.8 Å². The highest BCUT2D eigenvalue weighted by molar-refractivity contribution is 6.31. The first-order valence-corrected chi connectivity index (χ1v) is 6.52. The van der Waals surface area contributed by atoms with Crippen LogP contribution in [-0.4, -0.2) is 17.8 Å². The van der Waals surface area contributed by atoms with Crippen molar-refractivity contribution in [2.24, 2.45) is 5.73 Å². The second-order valence-corrected chi connectivity index (χ2v) is 5.10. The van der Waals surface area contributed by atoms with E-state index in [1.165, 1.54) is 11.1 Å². The summed E-state index contributed by atoms with van der Waals surface area (Å²) in [6.45, 7) is 6.56. The first-order valence-electron chi connectivity index (χ1n) is 6.14. The lowest BCUT2D eigenvalue weighted by Crippen LogP contribution is -2.22. The number of nitrogens with two attached hydrogens (primary N) is 1. The zero-order valence-electron chi connectivity index (χ0n) is 10.8. The third-order valence-electron chi connectivity index (χ3n) is 3.37. The maximum atomic E-state index is 9.67. The highest BCUT2D eigenvalue weighted by Gasteiger charge is 2.17. The molecule has 0 aliphatic heterocycles. The number of benzene rings is 1. The summed E-state index contributed by atoms with van der Waals surface area (Å²) < 4.78 is 0. The standard InChI is InChI=1S/C14H22ClNO/c1-4-11(7-12(17)8-16)13-5-9(2)10(3)6-14(13)15/h5-6,11-12,17H,4,7-8,16H2,1-3H3. The summed E-state index contributed by atoms with van der Waals surface area (Å²) in [6, 6.07) is 4.14. The molecular formula is C14H22ClNO. The van der Waals surface area contributed by atoms with E-state index in [9.17, 15) is 5.11 Å². The normalized spacial score (nSPS) is 14.7. The lowest BCUT2D eigenvalue weighted by atomic mass is 9.89. The van der Waals surface area contributed by atoms with Crippen LogP contribution in [-0.2, 0) is 0 Å². The van der Waals surface area contributed by atoms with Crippen LogP contribution < -0.4 is 5.73 Å². The topological polar surface area (TPSA) is 46.2 Å². The van der Waals surface area contributed by atoms with Gasteiger partial charge < -0.3 is 10.8 Å². The van der Waals surface area contributed by atoms with E-state index in [0.29, 0.717) is 13.0 Å². The van der Waals surface area contributed by atoms with Crippen molar-refractivity contribution in [3.8, 4) is 0 Å². The molecule has 0 spiro atoms. The molecule has 0 heterocycles. The van der Waals surface area contributed by atoms with Gasteiger partial charge in [-0.25, -0.2) is 0 Å². The Morgan fingerprint density at radius 2 is 1.88 bits per heavy atom. The molecule has 0 saturated heterocycles. The fourth-order valence-electron chi connectivity index (χ4n) is 2.05. The molecule has 2 unspecified atom stereocenters. The molecule has 2 nitrogen and oxygen atoms in total. The van der Waals surface area contributed by atoms with Gasteiger partial charge in [-0.2, -0.15) is 0 Å². The number of rotatable bonds is 5. The van der Waals surface area contributed by atoms with Gasteiger partial charge in [0.05, 0.1) is 6.10 Å². The molecule has 3 N–H and O–H groups in total. The molecule has 0 radical (unpaired) electrons. The fraction of sp³-hybridized carbons (Fsp3) is 0.571. The summed E-state index contributed by atoms with van der Waals surface area (Å²) in [5, 5.41) is 10.5. The van der Waals surface area contributed by atoms with E-state index in [0.717, 1.165) is 17.0 Å². The minimum Gasteiger partial charge on any atom is -0.392 e. The van der Waals surface area contributed by atoms with Gasteiger partial charge in [0, 0.05) is 11.6 Å². The summed E-state index contributed by atoms with van der Waals surface area (Å²) >= 11 is 6.29. The van der Waals surface area contributed by atoms with E-state index in [4.69, 9.17) is 17.3 Å². The number of hydrogen-bond donors (Lipinski definition) is 2. The van der Waals surface area contributed by atoms with E-state index >= 15 is 0 Å². The highest BCUT2D eigenvalue weighted by atomic mass is 35.5. The quantitative estimate of drug-likeness (QED) is 0.849. The van der Waals surface area contributed by atoms with Crippen molar-refractivity contribution in [1.82, 2.24) is 0 Å². The van der Waals surface area contributed by atoms with Crippen LogP contribution in [0.4, 0.5) is 0 Å². The molecule has 0 fully saturated rings. The maximum absolute atomic E-state index is 9.67. The minimum absolute atomic E-state index is 0.278. The monoisotopic (exact) mass is 255 g/mol. The SMILES string of the molecule is CCC(CC(O)CN)c1cc(C)c(C)cc1Cl. The predicted octanol–water partition coefficient (Wildman–Crippen LogP) is 3.16. The van der Waals surface area contributed by atoms with Crippen LogP contribution in [0.1, 0.15) is 42.4 Å². The van der Waals surface area contributed by atoms with E-state index < -0.39 is 6.10 Å². The summed E-state index contributed by atoms with van der Waals surface area (Å²) in [6.07, 6.45) is 1.19. The van der Waals surface area contributed by atoms with Crippen LogP contribution in [0, 0.1) is 13.8 Å². The van der Waals surface area contributed by atoms with Gasteiger partial charge in [-0.3, -0.25) is 0 Å². The first-order chi connectivity index (χ1) is 7.99. The number of aliphatic hydroxyl groups excluding tert-OH is 1. The van der Waals surface area contributed by atoms with Crippen molar-refractivity contribution in [2.45, 2.75) is 45.6 Å². The Balaban J connectivity index is 2.99. The van der Waals surface area contributed by atoms with Gasteiger partial charge in [0.1, 0.15) is 0 Å². The third-order valence-corrected chi connectivity index (χ3v) is 3.70. The Bertz CT molecular complexity index is 379. The molecule has 1 aromatic carbocycles. The molecule has 0 aromatic heterocycles. The summed E-state index contributed by atoms with van der Waals surface area (Å²) in [7, 11) is 0. The zero-order chi connectivity index (χ0) is 13.0. The molecule has 1 aromatic rings. The van der Waals surface area contributed by atoms with Gasteiger partial charge in [-0.15, -0.1) is 0 Å². The predicted molar refractivity (Wildman–Crippen MR) is 73.6 cm³/mol. The minimum atomic E-state index is -0.447. The lowest BCUT2D eigenvalue weighted by molar-refractivity contribution is 0.162. The summed E-state index contributed by atoms with van der Waals surface area (Å²) in [5.74, 6) is 0.278. The van der Waals surface area contributed by atoms with Crippen LogP contribution in [0.5, 0.6) is 0 Å². The second-order valence-electron chi connectivity index (χ2n) is 4.69. The average Bonchev–Trinajstić information content (AvgIpc) is 2.30. The van der Waals surface area contributed by atoms with E-state index in [1.807, 2.05) is 6.07 Å². The first kappa shape index (κ1) is 14.5. The maximum Gasteiger partial charge on any atom is 0.0668 e. The van der Waals surface area contributed by atoms with Crippen LogP contribution in [0.15, 0.2) is 12.1 Å². The zero-order valence-corrected chi connectivity index (χ0v) is 11.6. The molecule has 0 saturated carbocycles. The Morgan fingerprint density at radius 3 is 2.41 bits per heavy atom. The molecule has 0 aliphatic carbocycles. The summed E-state index contributed by atoms with van der Waals surface area (Å²) in [4.78, 5) is 0. The number of aliphatic hydroxyl groups is 1. The molecular weight excluding hydrogens is 234 g/mol. The van der Waals surface area contributed by atoms with Crippen molar-refractivity contribution in [3.05, 3.63) is 33.8 Å². The van der Waals surface area contributed by atoms with Crippen molar-refractivity contribution < 1.29 is 5.11 Å². The Morgan fingerprint density at radius 1 is 1.29 bits per heavy atom. The van der Waals surface area contributed by atoms with Crippen LogP contribution in [0.2, 0.25) is 5.02 Å². The average molecular weight is 256 g/mol. The van der Waals surface area contributed by atoms with Crippen LogP contribution in [0.3, 0.4) is 0 Å². The van der Waals surface area contributed by atoms with Gasteiger partial charge in [0.2, 0.25) is 0 Å². The van der Waals surface area contributed by atoms with Gasteiger partial charge in [-0.1, -0.05) is 24.6 Å². The van der Waals surface area contributed by atoms with Gasteiger partial charge in [-0.05, 0) is 55.4 Å². The Hall–Kier alpha value is -0.570. The Kier molecular flexibility index (Phi) is 5.44. The summed E-state index contributed by atoms with van der Waals surface area (Å²) in [5.41, 5.74) is 9.03. The molecule has 0 aliphatic rings. The largest absolute Gasteiger partial charge is 0.392 e. The van der Waals surface area contributed by atoms with Crippen molar-refractivity contribution in [3.63, 3.8) is 0 Å². The molecule has 96 valence electrons. The number of hydrogen-bond acceptors (Lipinski definition) is 2. The highest BCUT2D eigenvalue weighted by Crippen LogP contribution is 2.32. The smallest absolute Gasteiger partial charge is 0.0668 e. The van der Waals surface area contributed by atoms with Crippen LogP contribution >= 0.6 is 11.6 Å². The molecule has 3 heteroatoms. The van der Waals surface area contributed by atoms with Crippen molar-refractivity contribution >= 4 is 11.6 Å². The second kappa shape index (κ2) is 6.39. The Labute approximate surface area is 109 Å². The van der Waals surface area contributed by atoms with Crippen LogP contribution in [0.25, 0.3) is 0 Å². The van der Waals surface area contributed by atoms with Crippen molar-refractivity contribution in [2.75, 3.05) is 6.54 Å². The molecule has 0 amide bonds. The van der Waals surface area contributed by atoms with Crippen molar-refractivity contribution in [1.29, 1.82) is 0 Å². The van der Waals surface area contributed by atoms with Gasteiger partial charge >= 0.3 is 0 Å². The van der Waals surface area contributed by atoms with Gasteiger partial charge in [0.25, 0.3) is 0 Å².